The highest BCUT2D eigenvalue weighted by molar-refractivity contribution is 5.94. The van der Waals surface area contributed by atoms with Gasteiger partial charge in [0.2, 0.25) is 11.8 Å². The molecule has 0 fully saturated rings. The Balaban J connectivity index is 2.52. The topological polar surface area (TPSA) is 82.3 Å². The molecule has 0 aromatic heterocycles. The molecule has 0 heterocycles. The lowest BCUT2D eigenvalue weighted by Gasteiger charge is -2.07. The first kappa shape index (κ1) is 14.1. The average Bonchev–Trinajstić information content (AvgIpc) is 2.32. The van der Waals surface area contributed by atoms with Gasteiger partial charge in [0.05, 0.1) is 13.1 Å². The van der Waals surface area contributed by atoms with E-state index >= 15 is 0 Å². The fourth-order valence-electron chi connectivity index (χ4n) is 1.37. The van der Waals surface area contributed by atoms with Gasteiger partial charge in [-0.15, -0.1) is 0 Å². The second-order valence-corrected chi connectivity index (χ2v) is 3.73. The van der Waals surface area contributed by atoms with E-state index in [4.69, 9.17) is 0 Å². The number of hydrogen-bond donors (Lipinski definition) is 4. The van der Waals surface area contributed by atoms with Crippen molar-refractivity contribution in [1.29, 1.82) is 0 Å². The van der Waals surface area contributed by atoms with Gasteiger partial charge in [-0.25, -0.2) is 0 Å². The van der Waals surface area contributed by atoms with Gasteiger partial charge in [-0.3, -0.25) is 9.59 Å². The van der Waals surface area contributed by atoms with E-state index in [1.54, 1.807) is 38.4 Å². The van der Waals surface area contributed by atoms with Crippen molar-refractivity contribution >= 4 is 23.2 Å². The van der Waals surface area contributed by atoms with Crippen LogP contribution in [0.5, 0.6) is 0 Å². The third-order valence-corrected chi connectivity index (χ3v) is 2.13. The Hall–Kier alpha value is -1.92. The Labute approximate surface area is 106 Å². The summed E-state index contributed by atoms with van der Waals surface area (Å²) < 4.78 is 0. The van der Waals surface area contributed by atoms with E-state index in [0.717, 1.165) is 0 Å². The van der Waals surface area contributed by atoms with Gasteiger partial charge in [0, 0.05) is 11.4 Å². The van der Waals surface area contributed by atoms with Crippen LogP contribution in [0.1, 0.15) is 0 Å². The molecule has 0 aliphatic rings. The summed E-state index contributed by atoms with van der Waals surface area (Å²) in [7, 11) is 3.42. The zero-order chi connectivity index (χ0) is 13.4. The van der Waals surface area contributed by atoms with Gasteiger partial charge in [-0.2, -0.15) is 0 Å². The van der Waals surface area contributed by atoms with E-state index in [1.165, 1.54) is 0 Å². The van der Waals surface area contributed by atoms with E-state index in [9.17, 15) is 9.59 Å². The van der Waals surface area contributed by atoms with Gasteiger partial charge in [0.15, 0.2) is 0 Å². The van der Waals surface area contributed by atoms with Gasteiger partial charge in [0.25, 0.3) is 0 Å². The quantitative estimate of drug-likeness (QED) is 0.573. The first-order chi connectivity index (χ1) is 8.65. The number of carbonyl (C=O) groups is 2. The number of carbonyl (C=O) groups excluding carboxylic acids is 2. The molecule has 6 heteroatoms. The van der Waals surface area contributed by atoms with Crippen molar-refractivity contribution < 1.29 is 9.59 Å². The molecule has 0 atom stereocenters. The largest absolute Gasteiger partial charge is 0.325 e. The lowest BCUT2D eigenvalue weighted by atomic mass is 10.2. The zero-order valence-corrected chi connectivity index (χ0v) is 10.5. The molecule has 0 spiro atoms. The van der Waals surface area contributed by atoms with Crippen LogP contribution >= 0.6 is 0 Å². The molecule has 0 saturated heterocycles. The third kappa shape index (κ3) is 4.94. The van der Waals surface area contributed by atoms with E-state index in [1.807, 2.05) is 0 Å². The number of rotatable bonds is 6. The van der Waals surface area contributed by atoms with Gasteiger partial charge in [-0.1, -0.05) is 0 Å². The van der Waals surface area contributed by atoms with E-state index in [0.29, 0.717) is 11.4 Å². The number of nitrogens with one attached hydrogen (secondary N) is 4. The molecule has 0 aliphatic carbocycles. The molecular formula is C12H18N4O2. The summed E-state index contributed by atoms with van der Waals surface area (Å²) in [6.45, 7) is 0.529. The maximum Gasteiger partial charge on any atom is 0.238 e. The smallest absolute Gasteiger partial charge is 0.238 e. The van der Waals surface area contributed by atoms with Gasteiger partial charge >= 0.3 is 0 Å². The minimum Gasteiger partial charge on any atom is -0.325 e. The molecule has 1 aromatic rings. The van der Waals surface area contributed by atoms with Crippen LogP contribution in [0.15, 0.2) is 24.3 Å². The predicted molar refractivity (Wildman–Crippen MR) is 71.6 cm³/mol. The third-order valence-electron chi connectivity index (χ3n) is 2.13. The predicted octanol–water partition coefficient (Wildman–Crippen LogP) is 0.00240. The molecule has 0 radical (unpaired) electrons. The second-order valence-electron chi connectivity index (χ2n) is 3.73. The fraction of sp³-hybridized carbons (Fsp3) is 0.333. The number of hydrogen-bond acceptors (Lipinski definition) is 4. The number of amides is 2. The SMILES string of the molecule is CNCC(=O)Nc1ccc(NC(=O)CNC)cc1. The summed E-state index contributed by atoms with van der Waals surface area (Å²) in [6.07, 6.45) is 0. The molecule has 2 amide bonds. The van der Waals surface area contributed by atoms with Crippen LogP contribution in [-0.2, 0) is 9.59 Å². The van der Waals surface area contributed by atoms with Crippen molar-refractivity contribution in [2.45, 2.75) is 0 Å². The summed E-state index contributed by atoms with van der Waals surface area (Å²) in [4.78, 5) is 22.6. The van der Waals surface area contributed by atoms with Gasteiger partial charge < -0.3 is 21.3 Å². The Morgan fingerprint density at radius 2 is 1.17 bits per heavy atom. The summed E-state index contributed by atoms with van der Waals surface area (Å²) in [5.74, 6) is -0.214. The van der Waals surface area contributed by atoms with Crippen LogP contribution in [0, 0.1) is 0 Å². The highest BCUT2D eigenvalue weighted by Crippen LogP contribution is 2.13. The van der Waals surface area contributed by atoms with Crippen LogP contribution in [0.2, 0.25) is 0 Å². The molecule has 0 bridgehead atoms. The zero-order valence-electron chi connectivity index (χ0n) is 10.5. The molecule has 98 valence electrons. The minimum atomic E-state index is -0.107. The van der Waals surface area contributed by atoms with Crippen LogP contribution in [0.25, 0.3) is 0 Å². The Morgan fingerprint density at radius 3 is 1.44 bits per heavy atom. The first-order valence-corrected chi connectivity index (χ1v) is 5.64. The van der Waals surface area contributed by atoms with Crippen molar-refractivity contribution in [1.82, 2.24) is 10.6 Å². The molecule has 0 saturated carbocycles. The summed E-state index contributed by atoms with van der Waals surface area (Å²) in [6, 6.07) is 6.95. The number of anilines is 2. The second kappa shape index (κ2) is 7.41. The van der Waals surface area contributed by atoms with Crippen molar-refractivity contribution in [2.75, 3.05) is 37.8 Å². The monoisotopic (exact) mass is 250 g/mol. The fourth-order valence-corrected chi connectivity index (χ4v) is 1.37. The normalized spacial score (nSPS) is 9.89. The Kier molecular flexibility index (Phi) is 5.83. The molecule has 1 rings (SSSR count). The van der Waals surface area contributed by atoms with Crippen molar-refractivity contribution in [2.24, 2.45) is 0 Å². The molecule has 0 unspecified atom stereocenters. The van der Waals surface area contributed by atoms with Crippen LogP contribution in [0.3, 0.4) is 0 Å². The highest BCUT2D eigenvalue weighted by atomic mass is 16.2. The molecule has 1 aromatic carbocycles. The number of likely N-dealkylation sites (N-methyl/N-ethyl adjacent to an activating group) is 2. The van der Waals surface area contributed by atoms with Crippen LogP contribution in [-0.4, -0.2) is 39.0 Å². The lowest BCUT2D eigenvalue weighted by molar-refractivity contribution is -0.116. The van der Waals surface area contributed by atoms with Crippen LogP contribution in [0.4, 0.5) is 11.4 Å². The van der Waals surface area contributed by atoms with E-state index < -0.39 is 0 Å². The van der Waals surface area contributed by atoms with Crippen molar-refractivity contribution in [3.63, 3.8) is 0 Å². The summed E-state index contributed by atoms with van der Waals surface area (Å²) in [5.41, 5.74) is 1.39. The Morgan fingerprint density at radius 1 is 0.833 bits per heavy atom. The maximum absolute atomic E-state index is 11.3. The van der Waals surface area contributed by atoms with Crippen LogP contribution < -0.4 is 21.3 Å². The molecule has 0 aliphatic heterocycles. The molecule has 18 heavy (non-hydrogen) atoms. The Bertz CT molecular complexity index is 364. The van der Waals surface area contributed by atoms with Crippen molar-refractivity contribution in [3.05, 3.63) is 24.3 Å². The average molecular weight is 250 g/mol. The summed E-state index contributed by atoms with van der Waals surface area (Å²) >= 11 is 0. The minimum absolute atomic E-state index is 0.107. The standard InChI is InChI=1S/C12H18N4O2/c1-13-7-11(17)15-9-3-5-10(6-4-9)16-12(18)8-14-2/h3-6,13-14H,7-8H2,1-2H3,(H,15,17)(H,16,18). The first-order valence-electron chi connectivity index (χ1n) is 5.64. The van der Waals surface area contributed by atoms with E-state index in [2.05, 4.69) is 21.3 Å². The highest BCUT2D eigenvalue weighted by Gasteiger charge is 2.02. The molecular weight excluding hydrogens is 232 g/mol. The molecule has 4 N–H and O–H groups in total. The van der Waals surface area contributed by atoms with Crippen molar-refractivity contribution in [3.8, 4) is 0 Å². The van der Waals surface area contributed by atoms with Gasteiger partial charge in [0.1, 0.15) is 0 Å². The molecule has 6 nitrogen and oxygen atoms in total. The van der Waals surface area contributed by atoms with E-state index in [-0.39, 0.29) is 24.9 Å². The summed E-state index contributed by atoms with van der Waals surface area (Å²) in [5, 5.41) is 11.0. The lowest BCUT2D eigenvalue weighted by Crippen LogP contribution is -2.25. The van der Waals surface area contributed by atoms with Gasteiger partial charge in [-0.05, 0) is 38.4 Å². The number of benzene rings is 1. The maximum atomic E-state index is 11.3.